The van der Waals surface area contributed by atoms with E-state index in [0.29, 0.717) is 12.1 Å². The Hall–Kier alpha value is -1.31. The molecular formula is C12H20N2O4S. The number of para-hydroxylation sites is 1. The van der Waals surface area contributed by atoms with E-state index in [1.54, 1.807) is 19.1 Å². The number of benzene rings is 1. The van der Waals surface area contributed by atoms with E-state index in [2.05, 4.69) is 5.32 Å². The summed E-state index contributed by atoms with van der Waals surface area (Å²) in [4.78, 5) is 0.0263. The molecule has 0 saturated heterocycles. The Balaban J connectivity index is 3.23. The third-order valence-corrected chi connectivity index (χ3v) is 4.30. The highest BCUT2D eigenvalue weighted by Crippen LogP contribution is 2.29. The van der Waals surface area contributed by atoms with Crippen LogP contribution < -0.4 is 11.1 Å². The Kier molecular flexibility index (Phi) is 4.78. The number of hydrogen-bond donors (Lipinski definition) is 4. The van der Waals surface area contributed by atoms with Crippen LogP contribution in [0.1, 0.15) is 13.3 Å². The van der Waals surface area contributed by atoms with Gasteiger partial charge in [0.05, 0.1) is 35.0 Å². The predicted octanol–water partition coefficient (Wildman–Crippen LogP) is 0.218. The molecule has 5 N–H and O–H groups in total. The Labute approximate surface area is 113 Å². The molecule has 1 aromatic carbocycles. The molecule has 0 unspecified atom stereocenters. The van der Waals surface area contributed by atoms with Crippen molar-refractivity contribution in [2.75, 3.05) is 30.5 Å². The zero-order chi connectivity index (χ0) is 14.7. The van der Waals surface area contributed by atoms with Crippen LogP contribution in [0, 0.1) is 0 Å². The lowest BCUT2D eigenvalue weighted by Gasteiger charge is -2.31. The lowest BCUT2D eigenvalue weighted by atomic mass is 9.98. The molecule has 1 rings (SSSR count). The van der Waals surface area contributed by atoms with Crippen molar-refractivity contribution in [1.29, 1.82) is 0 Å². The molecule has 0 amide bonds. The van der Waals surface area contributed by atoms with E-state index in [0.717, 1.165) is 6.26 Å². The zero-order valence-corrected chi connectivity index (χ0v) is 11.9. The van der Waals surface area contributed by atoms with Crippen LogP contribution in [0.2, 0.25) is 0 Å². The number of sulfone groups is 1. The molecule has 0 bridgehead atoms. The molecule has 0 saturated carbocycles. The standard InChI is InChI=1S/C12H20N2O4S/c1-3-12(7-15,8-16)14-9-5-4-6-10(11(9)13)19(2,17)18/h4-6,14-16H,3,7-8,13H2,1-2H3. The number of aliphatic hydroxyl groups is 2. The summed E-state index contributed by atoms with van der Waals surface area (Å²) in [7, 11) is -3.42. The fraction of sp³-hybridized carbons (Fsp3) is 0.500. The second kappa shape index (κ2) is 5.77. The van der Waals surface area contributed by atoms with E-state index < -0.39 is 15.4 Å². The van der Waals surface area contributed by atoms with E-state index in [4.69, 9.17) is 5.73 Å². The lowest BCUT2D eigenvalue weighted by molar-refractivity contribution is 0.132. The van der Waals surface area contributed by atoms with Crippen LogP contribution in [0.5, 0.6) is 0 Å². The number of rotatable bonds is 6. The van der Waals surface area contributed by atoms with Gasteiger partial charge in [-0.2, -0.15) is 0 Å². The van der Waals surface area contributed by atoms with Gasteiger partial charge in [-0.15, -0.1) is 0 Å². The van der Waals surface area contributed by atoms with Crippen LogP contribution in [0.15, 0.2) is 23.1 Å². The summed E-state index contributed by atoms with van der Waals surface area (Å²) in [6.45, 7) is 1.22. The van der Waals surface area contributed by atoms with Gasteiger partial charge in [-0.1, -0.05) is 13.0 Å². The summed E-state index contributed by atoms with van der Waals surface area (Å²) < 4.78 is 23.1. The lowest BCUT2D eigenvalue weighted by Crippen LogP contribution is -2.45. The first kappa shape index (κ1) is 15.7. The largest absolute Gasteiger partial charge is 0.396 e. The van der Waals surface area contributed by atoms with E-state index in [-0.39, 0.29) is 23.8 Å². The van der Waals surface area contributed by atoms with Gasteiger partial charge in [-0.05, 0) is 18.6 Å². The van der Waals surface area contributed by atoms with Crippen LogP contribution in [0.3, 0.4) is 0 Å². The van der Waals surface area contributed by atoms with Crippen molar-refractivity contribution in [3.8, 4) is 0 Å². The molecule has 0 aromatic heterocycles. The molecule has 0 spiro atoms. The number of nitrogens with two attached hydrogens (primary N) is 1. The van der Waals surface area contributed by atoms with E-state index in [1.165, 1.54) is 6.07 Å². The van der Waals surface area contributed by atoms with Crippen molar-refractivity contribution in [2.24, 2.45) is 0 Å². The van der Waals surface area contributed by atoms with Crippen molar-refractivity contribution in [3.05, 3.63) is 18.2 Å². The number of nitrogen functional groups attached to an aromatic ring is 1. The molecule has 19 heavy (non-hydrogen) atoms. The third kappa shape index (κ3) is 3.37. The Morgan fingerprint density at radius 2 is 1.89 bits per heavy atom. The summed E-state index contributed by atoms with van der Waals surface area (Å²) in [5.74, 6) is 0. The number of nitrogens with one attached hydrogen (secondary N) is 1. The summed E-state index contributed by atoms with van der Waals surface area (Å²) in [6, 6.07) is 4.59. The molecule has 0 aliphatic heterocycles. The predicted molar refractivity (Wildman–Crippen MR) is 74.8 cm³/mol. The smallest absolute Gasteiger partial charge is 0.177 e. The number of hydrogen-bond acceptors (Lipinski definition) is 6. The van der Waals surface area contributed by atoms with Crippen LogP contribution in [-0.4, -0.2) is 43.6 Å². The highest BCUT2D eigenvalue weighted by atomic mass is 32.2. The maximum absolute atomic E-state index is 11.6. The van der Waals surface area contributed by atoms with Crippen molar-refractivity contribution >= 4 is 21.2 Å². The van der Waals surface area contributed by atoms with Gasteiger partial charge in [0, 0.05) is 6.26 Å². The minimum Gasteiger partial charge on any atom is -0.396 e. The van der Waals surface area contributed by atoms with Gasteiger partial charge in [-0.25, -0.2) is 8.42 Å². The Bertz CT molecular complexity index is 530. The van der Waals surface area contributed by atoms with Crippen molar-refractivity contribution < 1.29 is 18.6 Å². The number of anilines is 2. The van der Waals surface area contributed by atoms with Crippen molar-refractivity contribution in [2.45, 2.75) is 23.8 Å². The molecule has 0 aliphatic carbocycles. The van der Waals surface area contributed by atoms with Gasteiger partial charge in [0.15, 0.2) is 9.84 Å². The van der Waals surface area contributed by atoms with Gasteiger partial charge >= 0.3 is 0 Å². The first-order chi connectivity index (χ1) is 8.79. The quantitative estimate of drug-likeness (QED) is 0.557. The van der Waals surface area contributed by atoms with Crippen molar-refractivity contribution in [3.63, 3.8) is 0 Å². The minimum atomic E-state index is -3.42. The fourth-order valence-electron chi connectivity index (χ4n) is 1.70. The third-order valence-electron chi connectivity index (χ3n) is 3.15. The summed E-state index contributed by atoms with van der Waals surface area (Å²) in [5, 5.41) is 21.7. The summed E-state index contributed by atoms with van der Waals surface area (Å²) in [5.41, 5.74) is 5.38. The maximum atomic E-state index is 11.6. The van der Waals surface area contributed by atoms with E-state index in [1.807, 2.05) is 0 Å². The van der Waals surface area contributed by atoms with E-state index in [9.17, 15) is 18.6 Å². The van der Waals surface area contributed by atoms with Crippen molar-refractivity contribution in [1.82, 2.24) is 0 Å². The monoisotopic (exact) mass is 288 g/mol. The molecule has 0 heterocycles. The number of aliphatic hydroxyl groups excluding tert-OH is 2. The molecule has 1 aromatic rings. The molecule has 108 valence electrons. The highest BCUT2D eigenvalue weighted by molar-refractivity contribution is 7.90. The van der Waals surface area contributed by atoms with Gasteiger partial charge < -0.3 is 21.3 Å². The first-order valence-corrected chi connectivity index (χ1v) is 7.77. The molecule has 0 radical (unpaired) electrons. The molecule has 6 nitrogen and oxygen atoms in total. The Morgan fingerprint density at radius 1 is 1.32 bits per heavy atom. The van der Waals surface area contributed by atoms with Crippen LogP contribution in [0.25, 0.3) is 0 Å². The van der Waals surface area contributed by atoms with Crippen LogP contribution in [0.4, 0.5) is 11.4 Å². The fourth-order valence-corrected chi connectivity index (χ4v) is 2.54. The molecular weight excluding hydrogens is 268 g/mol. The maximum Gasteiger partial charge on any atom is 0.177 e. The van der Waals surface area contributed by atoms with E-state index >= 15 is 0 Å². The van der Waals surface area contributed by atoms with Gasteiger partial charge in [-0.3, -0.25) is 0 Å². The zero-order valence-electron chi connectivity index (χ0n) is 11.0. The van der Waals surface area contributed by atoms with Gasteiger partial charge in [0.25, 0.3) is 0 Å². The topological polar surface area (TPSA) is 113 Å². The average molecular weight is 288 g/mol. The second-order valence-corrected chi connectivity index (χ2v) is 6.55. The average Bonchev–Trinajstić information content (AvgIpc) is 2.37. The highest BCUT2D eigenvalue weighted by Gasteiger charge is 2.27. The summed E-state index contributed by atoms with van der Waals surface area (Å²) in [6.07, 6.45) is 1.54. The van der Waals surface area contributed by atoms with Crippen LogP contribution >= 0.6 is 0 Å². The molecule has 0 atom stereocenters. The second-order valence-electron chi connectivity index (χ2n) is 4.56. The van der Waals surface area contributed by atoms with Gasteiger partial charge in [0.1, 0.15) is 0 Å². The van der Waals surface area contributed by atoms with Crippen LogP contribution in [-0.2, 0) is 9.84 Å². The molecule has 0 fully saturated rings. The summed E-state index contributed by atoms with van der Waals surface area (Å²) >= 11 is 0. The Morgan fingerprint density at radius 3 is 2.32 bits per heavy atom. The minimum absolute atomic E-state index is 0.0263. The molecule has 0 aliphatic rings. The SMILES string of the molecule is CCC(CO)(CO)Nc1cccc(S(C)(=O)=O)c1N. The molecule has 7 heteroatoms. The van der Waals surface area contributed by atoms with Gasteiger partial charge in [0.2, 0.25) is 0 Å². The first-order valence-electron chi connectivity index (χ1n) is 5.88. The normalized spacial score (nSPS) is 12.4.